The summed E-state index contributed by atoms with van der Waals surface area (Å²) in [5.41, 5.74) is 13.0. The van der Waals surface area contributed by atoms with Gasteiger partial charge in [-0.3, -0.25) is 4.98 Å². The number of furan rings is 3. The summed E-state index contributed by atoms with van der Waals surface area (Å²) in [7, 11) is 0. The van der Waals surface area contributed by atoms with Gasteiger partial charge in [0.2, 0.25) is 11.4 Å². The largest absolute Gasteiger partial charge is 0.456 e. The Labute approximate surface area is 430 Å². The minimum absolute atomic E-state index is 0.177. The third-order valence-corrected chi connectivity index (χ3v) is 15.7. The summed E-state index contributed by atoms with van der Waals surface area (Å²) in [5, 5.41) is 11.5. The van der Waals surface area contributed by atoms with Crippen molar-refractivity contribution in [2.75, 3.05) is 0 Å². The van der Waals surface area contributed by atoms with Gasteiger partial charge in [-0.15, -0.1) is 0 Å². The lowest BCUT2D eigenvalue weighted by Gasteiger charge is -2.27. The number of hydrogen-bond donors (Lipinski definition) is 0. The zero-order valence-corrected chi connectivity index (χ0v) is 40.0. The molecule has 0 aliphatic carbocycles. The fourth-order valence-electron chi connectivity index (χ4n) is 12.8. The van der Waals surface area contributed by atoms with Crippen molar-refractivity contribution in [3.8, 4) is 28.3 Å². The summed E-state index contributed by atoms with van der Waals surface area (Å²) in [6.45, 7) is 19.3. The van der Waals surface area contributed by atoms with Crippen molar-refractivity contribution in [1.29, 1.82) is 0 Å². The van der Waals surface area contributed by atoms with Gasteiger partial charge < -0.3 is 27.0 Å². The number of pyridine rings is 1. The molecule has 0 bridgehead atoms. The summed E-state index contributed by atoms with van der Waals surface area (Å²) in [6, 6.07) is 68.1. The fraction of sp³-hybridized carbons (Fsp3) is 0. The first kappa shape index (κ1) is 40.7. The third kappa shape index (κ3) is 5.12. The van der Waals surface area contributed by atoms with Crippen LogP contribution in [0, 0.1) is 13.1 Å². The Morgan fingerprint density at radius 1 is 0.316 bits per heavy atom. The average Bonchev–Trinajstić information content (AvgIpc) is 4.41. The minimum Gasteiger partial charge on any atom is -0.456 e. The van der Waals surface area contributed by atoms with E-state index in [0.29, 0.717) is 39.5 Å². The van der Waals surface area contributed by atoms with E-state index in [2.05, 4.69) is 133 Å². The van der Waals surface area contributed by atoms with E-state index in [-0.39, 0.29) is 11.4 Å². The molecule has 0 amide bonds. The highest BCUT2D eigenvalue weighted by molar-refractivity contribution is 6.29. The number of aromatic nitrogens is 4. The van der Waals surface area contributed by atoms with E-state index >= 15 is 0 Å². The van der Waals surface area contributed by atoms with Crippen molar-refractivity contribution in [1.82, 2.24) is 18.7 Å². The molecule has 7 aromatic heterocycles. The predicted molar refractivity (Wildman–Crippen MR) is 307 cm³/mol. The van der Waals surface area contributed by atoms with E-state index in [9.17, 15) is 13.1 Å². The molecule has 0 spiro atoms. The zero-order chi connectivity index (χ0) is 49.9. The van der Waals surface area contributed by atoms with Gasteiger partial charge in [-0.1, -0.05) is 115 Å². The van der Waals surface area contributed by atoms with Gasteiger partial charge in [0.05, 0.1) is 85.2 Å². The van der Waals surface area contributed by atoms with Crippen LogP contribution in [0.4, 0.5) is 11.4 Å². The lowest BCUT2D eigenvalue weighted by atomic mass is 9.98. The number of nitrogens with zero attached hydrogens (tertiary/aromatic N) is 6. The smallest absolute Gasteiger partial charge is 0.222 e. The third-order valence-electron chi connectivity index (χ3n) is 15.7. The molecule has 0 radical (unpaired) electrons. The summed E-state index contributed by atoms with van der Waals surface area (Å²) in [4.78, 5) is 14.6. The molecule has 350 valence electrons. The summed E-state index contributed by atoms with van der Waals surface area (Å²) >= 11 is 0. The van der Waals surface area contributed by atoms with E-state index < -0.39 is 0 Å². The molecule has 0 aliphatic heterocycles. The second kappa shape index (κ2) is 14.9. The number of rotatable bonds is 4. The number of para-hydroxylation sites is 6. The zero-order valence-electron chi connectivity index (χ0n) is 40.0. The maximum atomic E-state index is 9.70. The first-order valence-electron chi connectivity index (χ1n) is 25.1. The summed E-state index contributed by atoms with van der Waals surface area (Å²) in [5.74, 6) is 0. The van der Waals surface area contributed by atoms with Crippen LogP contribution in [0.2, 0.25) is 0 Å². The maximum Gasteiger partial charge on any atom is 0.222 e. The highest BCUT2D eigenvalue weighted by Gasteiger charge is 2.35. The van der Waals surface area contributed by atoms with E-state index in [0.717, 1.165) is 120 Å². The van der Waals surface area contributed by atoms with Crippen LogP contribution in [0.3, 0.4) is 0 Å². The lowest BCUT2D eigenvalue weighted by Crippen LogP contribution is -2.11. The summed E-state index contributed by atoms with van der Waals surface area (Å²) < 4.78 is 26.9. The van der Waals surface area contributed by atoms with Crippen molar-refractivity contribution in [2.45, 2.75) is 0 Å². The Kier molecular flexibility index (Phi) is 7.96. The van der Waals surface area contributed by atoms with Gasteiger partial charge in [-0.05, 0) is 84.9 Å². The van der Waals surface area contributed by atoms with Gasteiger partial charge in [0.15, 0.2) is 0 Å². The topological polar surface area (TPSA) is 75.8 Å². The normalized spacial score (nSPS) is 12.2. The molecule has 7 heterocycles. The van der Waals surface area contributed by atoms with Crippen molar-refractivity contribution in [3.63, 3.8) is 0 Å². The standard InChI is InChI=1S/C67H34N6O3/c1-68-60-61(69-2)67(73-49-26-11-5-19-39(49)42-32-35-55-58(64(42)73)45-22-8-14-29-52(45)76-55)66(72-48-25-10-4-18-38(48)41-31-34-54-57(63(41)72)44-21-7-13-28-51(44)75-54)59(46-23-15-16-36-70-46)65(60)71-47-24-9-3-17-37(47)40-30-33-53-56(62(40)71)43-20-6-12-27-50(43)74-53/h3-36H. The van der Waals surface area contributed by atoms with Gasteiger partial charge in [-0.25, -0.2) is 9.69 Å². The molecule has 0 saturated heterocycles. The van der Waals surface area contributed by atoms with Gasteiger partial charge in [-0.2, -0.15) is 0 Å². The van der Waals surface area contributed by atoms with Crippen LogP contribution in [0.5, 0.6) is 0 Å². The van der Waals surface area contributed by atoms with Gasteiger partial charge in [0.25, 0.3) is 0 Å². The van der Waals surface area contributed by atoms with Crippen LogP contribution in [0.1, 0.15) is 0 Å². The lowest BCUT2D eigenvalue weighted by molar-refractivity contribution is 0.669. The second-order valence-electron chi connectivity index (χ2n) is 19.4. The average molecular weight is 971 g/mol. The van der Waals surface area contributed by atoms with Gasteiger partial charge in [0.1, 0.15) is 33.5 Å². The SMILES string of the molecule is [C-]#[N+]c1c([N+]#[C-])c(-n2c3ccccc3c3ccc4oc5ccccc5c4c32)c(-n2c3ccccc3c3ccc4oc5ccccc5c4c32)c(-c2ccccn2)c1-n1c2ccccc2c2ccc3oc4ccccc4c3c21. The Hall–Kier alpha value is -10.9. The van der Waals surface area contributed by atoms with Crippen molar-refractivity contribution in [3.05, 3.63) is 229 Å². The molecule has 9 nitrogen and oxygen atoms in total. The number of fused-ring (bicyclic) bond motifs is 21. The Balaban J connectivity index is 1.22. The molecule has 17 rings (SSSR count). The van der Waals surface area contributed by atoms with E-state index in [1.165, 1.54) is 0 Å². The van der Waals surface area contributed by atoms with Gasteiger partial charge in [0, 0.05) is 60.2 Å². The molecule has 10 aromatic carbocycles. The van der Waals surface area contributed by atoms with E-state index in [4.69, 9.17) is 18.2 Å². The first-order chi connectivity index (χ1) is 37.7. The van der Waals surface area contributed by atoms with Crippen LogP contribution < -0.4 is 0 Å². The summed E-state index contributed by atoms with van der Waals surface area (Å²) in [6.07, 6.45) is 1.81. The van der Waals surface area contributed by atoms with Crippen LogP contribution in [-0.4, -0.2) is 18.7 Å². The maximum absolute atomic E-state index is 9.70. The monoisotopic (exact) mass is 970 g/mol. The highest BCUT2D eigenvalue weighted by atomic mass is 16.3. The fourth-order valence-corrected chi connectivity index (χ4v) is 12.8. The Morgan fingerprint density at radius 2 is 0.671 bits per heavy atom. The molecular formula is C67H34N6O3. The first-order valence-corrected chi connectivity index (χ1v) is 25.1. The molecular weight excluding hydrogens is 937 g/mol. The molecule has 17 aromatic rings. The molecule has 0 unspecified atom stereocenters. The van der Waals surface area contributed by atoms with Crippen molar-refractivity contribution in [2.24, 2.45) is 0 Å². The van der Waals surface area contributed by atoms with Crippen LogP contribution in [-0.2, 0) is 0 Å². The number of hydrogen-bond acceptors (Lipinski definition) is 4. The Morgan fingerprint density at radius 3 is 1.08 bits per heavy atom. The van der Waals surface area contributed by atoms with Gasteiger partial charge >= 0.3 is 0 Å². The molecule has 0 fully saturated rings. The van der Waals surface area contributed by atoms with Crippen molar-refractivity contribution >= 4 is 143 Å². The molecule has 0 N–H and O–H groups in total. The second-order valence-corrected chi connectivity index (χ2v) is 19.4. The van der Waals surface area contributed by atoms with Crippen molar-refractivity contribution < 1.29 is 13.3 Å². The Bertz CT molecular complexity index is 5510. The molecule has 76 heavy (non-hydrogen) atoms. The van der Waals surface area contributed by atoms with E-state index in [1.807, 2.05) is 97.2 Å². The van der Waals surface area contributed by atoms with Crippen LogP contribution in [0.25, 0.3) is 169 Å². The molecule has 0 aliphatic rings. The minimum atomic E-state index is 0.177. The molecule has 0 saturated carbocycles. The predicted octanol–water partition coefficient (Wildman–Crippen LogP) is 18.8. The quantitative estimate of drug-likeness (QED) is 0.165. The van der Waals surface area contributed by atoms with E-state index in [1.54, 1.807) is 0 Å². The number of benzene rings is 10. The van der Waals surface area contributed by atoms with Crippen LogP contribution >= 0.6 is 0 Å². The molecule has 0 atom stereocenters. The molecule has 9 heteroatoms. The highest BCUT2D eigenvalue weighted by Crippen LogP contribution is 2.57. The van der Waals surface area contributed by atoms with Crippen LogP contribution in [0.15, 0.2) is 220 Å².